The Kier molecular flexibility index (Phi) is 2.59. The minimum absolute atomic E-state index is 0.0317. The van der Waals surface area contributed by atoms with E-state index in [0.29, 0.717) is 0 Å². The maximum absolute atomic E-state index is 12.2. The second-order valence-corrected chi connectivity index (χ2v) is 5.77. The van der Waals surface area contributed by atoms with Crippen molar-refractivity contribution < 1.29 is 14.3 Å². The van der Waals surface area contributed by atoms with E-state index < -0.39 is 5.54 Å². The standard InChI is InChI=1S/C14H19NO3/c1-9-11-7-14(13(17)18-2)4-3-5-15(14)8-10(11)6-12(9)16/h6,9,11H,3-5,7-8H2,1-2H3/t9?,11-,14-/m1/s1. The van der Waals surface area contributed by atoms with Gasteiger partial charge in [-0.25, -0.2) is 0 Å². The van der Waals surface area contributed by atoms with Gasteiger partial charge in [0, 0.05) is 12.5 Å². The summed E-state index contributed by atoms with van der Waals surface area (Å²) in [7, 11) is 1.46. The van der Waals surface area contributed by atoms with Crippen molar-refractivity contribution in [1.82, 2.24) is 4.90 Å². The highest BCUT2D eigenvalue weighted by molar-refractivity contribution is 5.96. The largest absolute Gasteiger partial charge is 0.468 e. The first-order chi connectivity index (χ1) is 8.58. The lowest BCUT2D eigenvalue weighted by atomic mass is 9.75. The highest BCUT2D eigenvalue weighted by atomic mass is 16.5. The summed E-state index contributed by atoms with van der Waals surface area (Å²) in [6.07, 6.45) is 4.45. The topological polar surface area (TPSA) is 46.6 Å². The highest BCUT2D eigenvalue weighted by Gasteiger charge is 2.55. The Morgan fingerprint density at radius 1 is 1.56 bits per heavy atom. The Hall–Kier alpha value is -1.16. The summed E-state index contributed by atoms with van der Waals surface area (Å²) in [5.74, 6) is 0.372. The van der Waals surface area contributed by atoms with E-state index in [2.05, 4.69) is 4.90 Å². The molecule has 2 aliphatic heterocycles. The molecule has 0 N–H and O–H groups in total. The van der Waals surface area contributed by atoms with Crippen molar-refractivity contribution in [1.29, 1.82) is 0 Å². The average molecular weight is 249 g/mol. The lowest BCUT2D eigenvalue weighted by Crippen LogP contribution is -2.56. The maximum Gasteiger partial charge on any atom is 0.326 e. The second-order valence-electron chi connectivity index (χ2n) is 5.77. The minimum atomic E-state index is -0.463. The van der Waals surface area contributed by atoms with Gasteiger partial charge in [-0.2, -0.15) is 0 Å². The number of hydrogen-bond acceptors (Lipinski definition) is 4. The van der Waals surface area contributed by atoms with Crippen LogP contribution in [-0.2, 0) is 14.3 Å². The van der Waals surface area contributed by atoms with Gasteiger partial charge in [0.25, 0.3) is 0 Å². The number of piperidine rings is 1. The van der Waals surface area contributed by atoms with Crippen LogP contribution in [0.4, 0.5) is 0 Å². The Morgan fingerprint density at radius 3 is 3.06 bits per heavy atom. The van der Waals surface area contributed by atoms with E-state index in [1.165, 1.54) is 12.7 Å². The van der Waals surface area contributed by atoms with Crippen LogP contribution in [0.2, 0.25) is 0 Å². The fourth-order valence-electron chi connectivity index (χ4n) is 3.90. The monoisotopic (exact) mass is 249 g/mol. The summed E-state index contributed by atoms with van der Waals surface area (Å²) in [6.45, 7) is 3.67. The Bertz CT molecular complexity index is 442. The van der Waals surface area contributed by atoms with E-state index in [1.807, 2.05) is 6.92 Å². The van der Waals surface area contributed by atoms with Gasteiger partial charge in [0.2, 0.25) is 0 Å². The molecule has 2 heterocycles. The smallest absolute Gasteiger partial charge is 0.326 e. The average Bonchev–Trinajstić information content (AvgIpc) is 2.89. The number of methoxy groups -OCH3 is 1. The molecule has 2 saturated heterocycles. The third-order valence-electron chi connectivity index (χ3n) is 4.98. The molecule has 0 saturated carbocycles. The number of carbonyl (C=O) groups is 2. The van der Waals surface area contributed by atoms with Crippen LogP contribution < -0.4 is 0 Å². The molecule has 98 valence electrons. The first-order valence-electron chi connectivity index (χ1n) is 6.66. The van der Waals surface area contributed by atoms with Crippen LogP contribution >= 0.6 is 0 Å². The number of rotatable bonds is 1. The van der Waals surface area contributed by atoms with Crippen molar-refractivity contribution in [2.45, 2.75) is 31.7 Å². The third-order valence-corrected chi connectivity index (χ3v) is 4.98. The summed E-state index contributed by atoms with van der Waals surface area (Å²) < 4.78 is 5.02. The van der Waals surface area contributed by atoms with E-state index in [4.69, 9.17) is 4.74 Å². The van der Waals surface area contributed by atoms with Gasteiger partial charge in [0.05, 0.1) is 7.11 Å². The Morgan fingerprint density at radius 2 is 2.33 bits per heavy atom. The number of nitrogens with zero attached hydrogens (tertiary/aromatic N) is 1. The fraction of sp³-hybridized carbons (Fsp3) is 0.714. The normalized spacial score (nSPS) is 39.2. The van der Waals surface area contributed by atoms with Crippen molar-refractivity contribution in [2.24, 2.45) is 11.8 Å². The molecule has 3 atom stereocenters. The summed E-state index contributed by atoms with van der Waals surface area (Å²) >= 11 is 0. The number of hydrogen-bond donors (Lipinski definition) is 0. The molecule has 2 fully saturated rings. The summed E-state index contributed by atoms with van der Waals surface area (Å²) in [5.41, 5.74) is 0.754. The molecule has 1 aliphatic carbocycles. The van der Waals surface area contributed by atoms with E-state index >= 15 is 0 Å². The predicted octanol–water partition coefficient (Wildman–Crippen LogP) is 1.16. The fourth-order valence-corrected chi connectivity index (χ4v) is 3.90. The maximum atomic E-state index is 12.2. The molecular formula is C14H19NO3. The molecule has 0 spiro atoms. The SMILES string of the molecule is COC(=O)[C@]12CCCN1CC1=CC(=O)C(C)[C@H]1C2. The van der Waals surface area contributed by atoms with E-state index in [-0.39, 0.29) is 23.6 Å². The van der Waals surface area contributed by atoms with E-state index in [0.717, 1.165) is 32.4 Å². The van der Waals surface area contributed by atoms with Crippen LogP contribution in [0.5, 0.6) is 0 Å². The molecule has 0 aromatic heterocycles. The lowest BCUT2D eigenvalue weighted by molar-refractivity contribution is -0.156. The predicted molar refractivity (Wildman–Crippen MR) is 65.9 cm³/mol. The van der Waals surface area contributed by atoms with Crippen LogP contribution in [0.25, 0.3) is 0 Å². The van der Waals surface area contributed by atoms with Gasteiger partial charge in [-0.1, -0.05) is 6.92 Å². The molecule has 0 aromatic rings. The quantitative estimate of drug-likeness (QED) is 0.654. The number of esters is 1. The highest BCUT2D eigenvalue weighted by Crippen LogP contribution is 2.47. The van der Waals surface area contributed by atoms with Crippen LogP contribution in [0.15, 0.2) is 11.6 Å². The number of allylic oxidation sites excluding steroid dienone is 1. The number of carbonyl (C=O) groups excluding carboxylic acids is 2. The van der Waals surface area contributed by atoms with Gasteiger partial charge in [0.1, 0.15) is 5.54 Å². The summed E-state index contributed by atoms with van der Waals surface area (Å²) in [6, 6.07) is 0. The molecule has 0 amide bonds. The van der Waals surface area contributed by atoms with Gasteiger partial charge >= 0.3 is 5.97 Å². The molecule has 1 unspecified atom stereocenters. The van der Waals surface area contributed by atoms with Crippen LogP contribution in [0.1, 0.15) is 26.2 Å². The summed E-state index contributed by atoms with van der Waals surface area (Å²) in [4.78, 5) is 26.2. The van der Waals surface area contributed by atoms with E-state index in [9.17, 15) is 9.59 Å². The molecule has 0 bridgehead atoms. The Labute approximate surface area is 107 Å². The molecule has 18 heavy (non-hydrogen) atoms. The first-order valence-corrected chi connectivity index (χ1v) is 6.66. The summed E-state index contributed by atoms with van der Waals surface area (Å²) in [5, 5.41) is 0. The molecular weight excluding hydrogens is 230 g/mol. The molecule has 4 nitrogen and oxygen atoms in total. The number of ether oxygens (including phenoxy) is 1. The second kappa shape index (κ2) is 3.92. The van der Waals surface area contributed by atoms with Crippen molar-refractivity contribution >= 4 is 11.8 Å². The van der Waals surface area contributed by atoms with Gasteiger partial charge in [-0.3, -0.25) is 14.5 Å². The molecule has 0 aromatic carbocycles. The molecule has 3 rings (SSSR count). The first kappa shape index (κ1) is 11.9. The van der Waals surface area contributed by atoms with Gasteiger partial charge in [-0.05, 0) is 43.4 Å². The van der Waals surface area contributed by atoms with Crippen LogP contribution in [0.3, 0.4) is 0 Å². The van der Waals surface area contributed by atoms with Gasteiger partial charge in [0.15, 0.2) is 5.78 Å². The Balaban J connectivity index is 1.95. The number of ketones is 1. The van der Waals surface area contributed by atoms with Crippen LogP contribution in [-0.4, -0.2) is 42.4 Å². The van der Waals surface area contributed by atoms with E-state index in [1.54, 1.807) is 6.08 Å². The van der Waals surface area contributed by atoms with Crippen molar-refractivity contribution in [3.05, 3.63) is 11.6 Å². The molecule has 0 radical (unpaired) electrons. The zero-order valence-electron chi connectivity index (χ0n) is 10.9. The zero-order valence-corrected chi connectivity index (χ0v) is 10.9. The van der Waals surface area contributed by atoms with Crippen molar-refractivity contribution in [3.63, 3.8) is 0 Å². The van der Waals surface area contributed by atoms with Crippen LogP contribution in [0, 0.1) is 11.8 Å². The third kappa shape index (κ3) is 1.41. The molecule has 3 aliphatic rings. The zero-order chi connectivity index (χ0) is 12.9. The molecule has 4 heteroatoms. The van der Waals surface area contributed by atoms with Gasteiger partial charge < -0.3 is 4.74 Å². The lowest BCUT2D eigenvalue weighted by Gasteiger charge is -2.44. The minimum Gasteiger partial charge on any atom is -0.468 e. The van der Waals surface area contributed by atoms with Gasteiger partial charge in [-0.15, -0.1) is 0 Å². The van der Waals surface area contributed by atoms with Crippen molar-refractivity contribution in [2.75, 3.05) is 20.2 Å². The number of fused-ring (bicyclic) bond motifs is 2. The van der Waals surface area contributed by atoms with Crippen molar-refractivity contribution in [3.8, 4) is 0 Å².